The van der Waals surface area contributed by atoms with Gasteiger partial charge in [0.1, 0.15) is 0 Å². The largest absolute Gasteiger partial charge is 0.418 e. The first-order valence-electron chi connectivity index (χ1n) is 7.17. The lowest BCUT2D eigenvalue weighted by molar-refractivity contribution is -0.137. The standard InChI is InChI=1S/C17H17F3N2O/c18-17(19,20)14-8-4-5-9-15(14)22-16(23)10-11-21-12-13-6-2-1-3-7-13/h1-9,21H,10-12H2,(H,22,23). The van der Waals surface area contributed by atoms with Crippen LogP contribution in [0.2, 0.25) is 0 Å². The number of amides is 1. The fourth-order valence-electron chi connectivity index (χ4n) is 2.08. The average molecular weight is 322 g/mol. The summed E-state index contributed by atoms with van der Waals surface area (Å²) in [6, 6.07) is 14.6. The zero-order valence-electron chi connectivity index (χ0n) is 12.4. The van der Waals surface area contributed by atoms with Crippen LogP contribution in [0.1, 0.15) is 17.5 Å². The molecule has 0 heterocycles. The van der Waals surface area contributed by atoms with Gasteiger partial charge in [0.2, 0.25) is 5.91 Å². The van der Waals surface area contributed by atoms with Gasteiger partial charge in [-0.2, -0.15) is 13.2 Å². The van der Waals surface area contributed by atoms with E-state index in [-0.39, 0.29) is 12.1 Å². The lowest BCUT2D eigenvalue weighted by Crippen LogP contribution is -2.22. The highest BCUT2D eigenvalue weighted by atomic mass is 19.4. The van der Waals surface area contributed by atoms with Crippen LogP contribution in [0, 0.1) is 0 Å². The van der Waals surface area contributed by atoms with Crippen molar-refractivity contribution in [3.05, 3.63) is 65.7 Å². The van der Waals surface area contributed by atoms with Crippen molar-refractivity contribution in [1.82, 2.24) is 5.32 Å². The molecule has 2 rings (SSSR count). The van der Waals surface area contributed by atoms with E-state index in [1.807, 2.05) is 30.3 Å². The van der Waals surface area contributed by atoms with E-state index in [2.05, 4.69) is 10.6 Å². The molecule has 0 saturated carbocycles. The van der Waals surface area contributed by atoms with Crippen molar-refractivity contribution >= 4 is 11.6 Å². The summed E-state index contributed by atoms with van der Waals surface area (Å²) in [5.74, 6) is -0.456. The summed E-state index contributed by atoms with van der Waals surface area (Å²) in [6.45, 7) is 0.988. The molecule has 0 fully saturated rings. The molecule has 2 aromatic carbocycles. The van der Waals surface area contributed by atoms with Gasteiger partial charge < -0.3 is 10.6 Å². The van der Waals surface area contributed by atoms with Gasteiger partial charge in [0.25, 0.3) is 0 Å². The van der Waals surface area contributed by atoms with Gasteiger partial charge in [-0.15, -0.1) is 0 Å². The summed E-state index contributed by atoms with van der Waals surface area (Å²) in [6.07, 6.45) is -4.39. The normalized spacial score (nSPS) is 11.3. The SMILES string of the molecule is O=C(CCNCc1ccccc1)Nc1ccccc1C(F)(F)F. The number of rotatable bonds is 6. The van der Waals surface area contributed by atoms with Crippen LogP contribution in [0.3, 0.4) is 0 Å². The maximum Gasteiger partial charge on any atom is 0.418 e. The van der Waals surface area contributed by atoms with Gasteiger partial charge in [-0.25, -0.2) is 0 Å². The zero-order chi connectivity index (χ0) is 16.7. The molecule has 0 aliphatic rings. The third kappa shape index (κ3) is 5.41. The Bertz CT molecular complexity index is 642. The maximum absolute atomic E-state index is 12.8. The first kappa shape index (κ1) is 17.0. The minimum absolute atomic E-state index is 0.0963. The third-order valence-electron chi connectivity index (χ3n) is 3.21. The molecule has 0 spiro atoms. The van der Waals surface area contributed by atoms with Crippen molar-refractivity contribution in [3.63, 3.8) is 0 Å². The molecule has 1 amide bonds. The van der Waals surface area contributed by atoms with Crippen molar-refractivity contribution in [3.8, 4) is 0 Å². The highest BCUT2D eigenvalue weighted by Crippen LogP contribution is 2.34. The number of nitrogens with one attached hydrogen (secondary N) is 2. The summed E-state index contributed by atoms with van der Waals surface area (Å²) in [4.78, 5) is 11.8. The number of para-hydroxylation sites is 1. The second kappa shape index (κ2) is 7.78. The van der Waals surface area contributed by atoms with Gasteiger partial charge >= 0.3 is 6.18 Å². The summed E-state index contributed by atoms with van der Waals surface area (Å²) in [5, 5.41) is 5.40. The Morgan fingerprint density at radius 3 is 2.30 bits per heavy atom. The summed E-state index contributed by atoms with van der Waals surface area (Å²) in [7, 11) is 0. The number of benzene rings is 2. The van der Waals surface area contributed by atoms with E-state index in [1.165, 1.54) is 18.2 Å². The molecule has 23 heavy (non-hydrogen) atoms. The smallest absolute Gasteiger partial charge is 0.325 e. The molecule has 2 N–H and O–H groups in total. The van der Waals surface area contributed by atoms with Crippen LogP contribution in [0.4, 0.5) is 18.9 Å². The van der Waals surface area contributed by atoms with E-state index in [4.69, 9.17) is 0 Å². The van der Waals surface area contributed by atoms with Crippen molar-refractivity contribution in [2.45, 2.75) is 19.1 Å². The highest BCUT2D eigenvalue weighted by molar-refractivity contribution is 5.91. The van der Waals surface area contributed by atoms with Crippen LogP contribution in [-0.4, -0.2) is 12.5 Å². The Morgan fingerprint density at radius 2 is 1.61 bits per heavy atom. The predicted octanol–water partition coefficient (Wildman–Crippen LogP) is 3.82. The second-order valence-electron chi connectivity index (χ2n) is 5.00. The van der Waals surface area contributed by atoms with Crippen molar-refractivity contribution in [2.24, 2.45) is 0 Å². The van der Waals surface area contributed by atoms with Crippen LogP contribution in [-0.2, 0) is 17.5 Å². The number of alkyl halides is 3. The van der Waals surface area contributed by atoms with Crippen LogP contribution < -0.4 is 10.6 Å². The number of carbonyl (C=O) groups excluding carboxylic acids is 1. The van der Waals surface area contributed by atoms with E-state index >= 15 is 0 Å². The lowest BCUT2D eigenvalue weighted by Gasteiger charge is -2.13. The molecule has 6 heteroatoms. The quantitative estimate of drug-likeness (QED) is 0.794. The van der Waals surface area contributed by atoms with Gasteiger partial charge in [-0.1, -0.05) is 42.5 Å². The monoisotopic (exact) mass is 322 g/mol. The topological polar surface area (TPSA) is 41.1 Å². The number of carbonyl (C=O) groups is 1. The summed E-state index contributed by atoms with van der Waals surface area (Å²) < 4.78 is 38.5. The number of hydrogen-bond acceptors (Lipinski definition) is 2. The van der Waals surface area contributed by atoms with Crippen LogP contribution >= 0.6 is 0 Å². The second-order valence-corrected chi connectivity index (χ2v) is 5.00. The van der Waals surface area contributed by atoms with E-state index in [0.29, 0.717) is 13.1 Å². The molecule has 0 radical (unpaired) electrons. The number of halogens is 3. The molecule has 0 saturated heterocycles. The Kier molecular flexibility index (Phi) is 5.76. The van der Waals surface area contributed by atoms with E-state index in [9.17, 15) is 18.0 Å². The van der Waals surface area contributed by atoms with E-state index in [0.717, 1.165) is 11.6 Å². The van der Waals surface area contributed by atoms with Gasteiger partial charge in [0, 0.05) is 19.5 Å². The van der Waals surface area contributed by atoms with E-state index < -0.39 is 17.6 Å². The molecule has 2 aromatic rings. The zero-order valence-corrected chi connectivity index (χ0v) is 12.4. The fourth-order valence-corrected chi connectivity index (χ4v) is 2.08. The Morgan fingerprint density at radius 1 is 0.957 bits per heavy atom. The minimum atomic E-state index is -4.49. The Hall–Kier alpha value is -2.34. The van der Waals surface area contributed by atoms with Crippen LogP contribution in [0.25, 0.3) is 0 Å². The molecule has 0 unspecified atom stereocenters. The molecule has 0 bridgehead atoms. The third-order valence-corrected chi connectivity index (χ3v) is 3.21. The molecule has 122 valence electrons. The van der Waals surface area contributed by atoms with Crippen LogP contribution in [0.5, 0.6) is 0 Å². The van der Waals surface area contributed by atoms with Gasteiger partial charge in [0.15, 0.2) is 0 Å². The maximum atomic E-state index is 12.8. The molecule has 0 aliphatic carbocycles. The molecular weight excluding hydrogens is 305 g/mol. The average Bonchev–Trinajstić information content (AvgIpc) is 2.52. The molecule has 0 aromatic heterocycles. The molecule has 3 nitrogen and oxygen atoms in total. The molecule has 0 aliphatic heterocycles. The van der Waals surface area contributed by atoms with Crippen molar-refractivity contribution in [1.29, 1.82) is 0 Å². The van der Waals surface area contributed by atoms with Crippen molar-refractivity contribution in [2.75, 3.05) is 11.9 Å². The summed E-state index contributed by atoms with van der Waals surface area (Å²) in [5.41, 5.74) is 0.0222. The molecule has 0 atom stereocenters. The van der Waals surface area contributed by atoms with Gasteiger partial charge in [0.05, 0.1) is 11.3 Å². The first-order chi connectivity index (χ1) is 11.0. The van der Waals surface area contributed by atoms with Gasteiger partial charge in [-0.05, 0) is 17.7 Å². The Balaban J connectivity index is 1.81. The van der Waals surface area contributed by atoms with Crippen molar-refractivity contribution < 1.29 is 18.0 Å². The lowest BCUT2D eigenvalue weighted by atomic mass is 10.1. The first-order valence-corrected chi connectivity index (χ1v) is 7.17. The minimum Gasteiger partial charge on any atom is -0.325 e. The van der Waals surface area contributed by atoms with Crippen LogP contribution in [0.15, 0.2) is 54.6 Å². The predicted molar refractivity (Wildman–Crippen MR) is 82.8 cm³/mol. The number of anilines is 1. The van der Waals surface area contributed by atoms with E-state index in [1.54, 1.807) is 0 Å². The Labute approximate surface area is 132 Å². The number of hydrogen-bond donors (Lipinski definition) is 2. The van der Waals surface area contributed by atoms with Gasteiger partial charge in [-0.3, -0.25) is 4.79 Å². The summed E-state index contributed by atoms with van der Waals surface area (Å²) >= 11 is 0. The molecular formula is C17H17F3N2O. The highest BCUT2D eigenvalue weighted by Gasteiger charge is 2.33. The fraction of sp³-hybridized carbons (Fsp3) is 0.235.